The smallest absolute Gasteiger partial charge is 0.410 e. The van der Waals surface area contributed by atoms with Crippen molar-refractivity contribution in [2.24, 2.45) is 0 Å². The highest BCUT2D eigenvalue weighted by molar-refractivity contribution is 6.04. The number of ether oxygens (including phenoxy) is 2. The molecule has 2 fully saturated rings. The number of aromatic nitrogens is 2. The second kappa shape index (κ2) is 20.3. The van der Waals surface area contributed by atoms with Gasteiger partial charge in [0.1, 0.15) is 23.1 Å². The summed E-state index contributed by atoms with van der Waals surface area (Å²) in [5.74, 6) is 2.34. The number of rotatable bonds is 8. The van der Waals surface area contributed by atoms with Gasteiger partial charge in [-0.25, -0.2) is 19.6 Å². The fourth-order valence-electron chi connectivity index (χ4n) is 6.61. The number of hydrogen-bond donors (Lipinski definition) is 2. The molecule has 2 aromatic heterocycles. The molecule has 0 saturated carbocycles. The Labute approximate surface area is 354 Å². The lowest BCUT2D eigenvalue weighted by atomic mass is 10.2. The Morgan fingerprint density at radius 3 is 1.33 bits per heavy atom. The van der Waals surface area contributed by atoms with E-state index < -0.39 is 0 Å². The predicted molar refractivity (Wildman–Crippen MR) is 235 cm³/mol. The van der Waals surface area contributed by atoms with E-state index in [2.05, 4.69) is 30.4 Å². The van der Waals surface area contributed by atoms with Crippen molar-refractivity contribution < 1.29 is 28.7 Å². The highest BCUT2D eigenvalue weighted by atomic mass is 16.6. The monoisotopic (exact) mass is 818 g/mol. The van der Waals surface area contributed by atoms with Crippen LogP contribution in [0.1, 0.15) is 26.4 Å². The van der Waals surface area contributed by atoms with Crippen molar-refractivity contribution in [3.05, 3.63) is 169 Å². The fraction of sp³-hybridized carbons (Fsp3) is 0.191. The Morgan fingerprint density at radius 2 is 0.902 bits per heavy atom. The van der Waals surface area contributed by atoms with Crippen molar-refractivity contribution in [3.63, 3.8) is 0 Å². The number of carbonyl (C=O) groups excluding carboxylic acids is 4. The van der Waals surface area contributed by atoms with Gasteiger partial charge in [0.05, 0.1) is 0 Å². The average molecular weight is 819 g/mol. The number of nitrogens with zero attached hydrogens (tertiary/aromatic N) is 6. The van der Waals surface area contributed by atoms with Crippen LogP contribution in [0.3, 0.4) is 0 Å². The minimum Gasteiger partial charge on any atom is -0.410 e. The van der Waals surface area contributed by atoms with Crippen molar-refractivity contribution in [1.29, 1.82) is 0 Å². The van der Waals surface area contributed by atoms with E-state index in [9.17, 15) is 19.2 Å². The Kier molecular flexibility index (Phi) is 13.8. The Morgan fingerprint density at radius 1 is 0.475 bits per heavy atom. The lowest BCUT2D eigenvalue weighted by molar-refractivity contribution is 0.101. The summed E-state index contributed by atoms with van der Waals surface area (Å²) in [6.45, 7) is 7.06. The van der Waals surface area contributed by atoms with Gasteiger partial charge in [0, 0.05) is 86.8 Å². The molecule has 8 rings (SSSR count). The molecule has 4 aromatic carbocycles. The first-order valence-corrected chi connectivity index (χ1v) is 20.0. The van der Waals surface area contributed by atoms with E-state index in [-0.39, 0.29) is 24.0 Å². The van der Waals surface area contributed by atoms with E-state index in [4.69, 9.17) is 9.47 Å². The lowest BCUT2D eigenvalue weighted by Gasteiger charge is -2.34. The second-order valence-corrected chi connectivity index (χ2v) is 14.2. The van der Waals surface area contributed by atoms with Crippen LogP contribution in [0.15, 0.2) is 152 Å². The highest BCUT2D eigenvalue weighted by Crippen LogP contribution is 2.21. The van der Waals surface area contributed by atoms with E-state index in [1.165, 1.54) is 0 Å². The van der Waals surface area contributed by atoms with E-state index in [1.54, 1.807) is 88.8 Å². The molecule has 14 nitrogen and oxygen atoms in total. The molecule has 61 heavy (non-hydrogen) atoms. The number of anilines is 4. The Hall–Kier alpha value is -7.74. The Balaban J connectivity index is 0.000000184. The zero-order valence-corrected chi connectivity index (χ0v) is 33.7. The van der Waals surface area contributed by atoms with Crippen LogP contribution < -0.4 is 29.9 Å². The maximum absolute atomic E-state index is 12.5. The summed E-state index contributed by atoms with van der Waals surface area (Å²) in [5, 5.41) is 5.65. The van der Waals surface area contributed by atoms with Gasteiger partial charge in [-0.3, -0.25) is 9.59 Å². The molecule has 0 bridgehead atoms. The SMILES string of the molecule is Cc1cccc(N2CCN(C(=O)Oc3ccc(NC(=O)c4ccccc4)cc3)CC2)n1.O=C(Nc1ccc(OC(=O)N2CCN(c3ccccn3)CC2)cc1)c1ccccc1. The molecule has 2 aliphatic rings. The van der Waals surface area contributed by atoms with Gasteiger partial charge in [-0.15, -0.1) is 0 Å². The number of aryl methyl sites for hydroxylation is 1. The van der Waals surface area contributed by atoms with Gasteiger partial charge in [0.15, 0.2) is 0 Å². The molecule has 2 saturated heterocycles. The van der Waals surface area contributed by atoms with Crippen molar-refractivity contribution in [1.82, 2.24) is 19.8 Å². The molecule has 0 atom stereocenters. The van der Waals surface area contributed by atoms with E-state index in [1.807, 2.05) is 79.7 Å². The van der Waals surface area contributed by atoms with Crippen LogP contribution in [-0.2, 0) is 0 Å². The van der Waals surface area contributed by atoms with E-state index in [0.29, 0.717) is 86.4 Å². The van der Waals surface area contributed by atoms with Gasteiger partial charge in [-0.2, -0.15) is 0 Å². The summed E-state index contributed by atoms with van der Waals surface area (Å²) in [7, 11) is 0. The van der Waals surface area contributed by atoms with Crippen LogP contribution in [-0.4, -0.2) is 96.1 Å². The zero-order chi connectivity index (χ0) is 42.4. The largest absolute Gasteiger partial charge is 0.415 e. The summed E-state index contributed by atoms with van der Waals surface area (Å²) < 4.78 is 11.0. The maximum Gasteiger partial charge on any atom is 0.415 e. The highest BCUT2D eigenvalue weighted by Gasteiger charge is 2.25. The molecule has 310 valence electrons. The van der Waals surface area contributed by atoms with Gasteiger partial charge in [-0.1, -0.05) is 48.5 Å². The van der Waals surface area contributed by atoms with Crippen molar-refractivity contribution in [2.45, 2.75) is 6.92 Å². The van der Waals surface area contributed by atoms with Gasteiger partial charge in [0.2, 0.25) is 0 Å². The summed E-state index contributed by atoms with van der Waals surface area (Å²) >= 11 is 0. The number of pyridine rings is 2. The summed E-state index contributed by atoms with van der Waals surface area (Å²) in [5.41, 5.74) is 3.40. The van der Waals surface area contributed by atoms with Crippen LogP contribution in [0.2, 0.25) is 0 Å². The molecular weight excluding hydrogens is 773 g/mol. The topological polar surface area (TPSA) is 150 Å². The summed E-state index contributed by atoms with van der Waals surface area (Å²) in [6.07, 6.45) is 1.01. The number of amides is 4. The van der Waals surface area contributed by atoms with Crippen LogP contribution in [0.5, 0.6) is 11.5 Å². The van der Waals surface area contributed by atoms with Crippen LogP contribution >= 0.6 is 0 Å². The number of carbonyl (C=O) groups is 4. The van der Waals surface area contributed by atoms with E-state index in [0.717, 1.165) is 17.3 Å². The number of hydrogen-bond acceptors (Lipinski definition) is 10. The molecule has 6 aromatic rings. The zero-order valence-electron chi connectivity index (χ0n) is 33.7. The first-order chi connectivity index (χ1) is 29.8. The molecule has 2 aliphatic heterocycles. The van der Waals surface area contributed by atoms with Crippen molar-refractivity contribution >= 4 is 47.0 Å². The van der Waals surface area contributed by atoms with E-state index >= 15 is 0 Å². The van der Waals surface area contributed by atoms with Crippen molar-refractivity contribution in [3.8, 4) is 11.5 Å². The van der Waals surface area contributed by atoms with Crippen LogP contribution in [0.4, 0.5) is 32.6 Å². The third-order valence-electron chi connectivity index (χ3n) is 9.95. The third-order valence-corrected chi connectivity index (χ3v) is 9.95. The maximum atomic E-state index is 12.5. The quantitative estimate of drug-likeness (QED) is 0.157. The number of nitrogens with one attached hydrogen (secondary N) is 2. The molecule has 4 amide bonds. The molecule has 0 aliphatic carbocycles. The standard InChI is InChI=1S/C24H24N4O3.C23H22N4O3/c1-18-6-5-9-22(25-18)27-14-16-28(17-15-27)24(30)31-21-12-10-20(11-13-21)26-23(29)19-7-3-2-4-8-19;28-22(18-6-2-1-3-7-18)25-19-9-11-20(12-10-19)30-23(29)27-16-14-26(15-17-27)21-8-4-5-13-24-21/h2-13H,14-17H2,1H3,(H,26,29);1-13H,14-17H2,(H,25,28). The van der Waals surface area contributed by atoms with Crippen LogP contribution in [0.25, 0.3) is 0 Å². The summed E-state index contributed by atoms with van der Waals surface area (Å²) in [6, 6.07) is 43.2. The Bertz CT molecular complexity index is 2370. The van der Waals surface area contributed by atoms with Gasteiger partial charge >= 0.3 is 12.2 Å². The minimum atomic E-state index is -0.378. The van der Waals surface area contributed by atoms with Gasteiger partial charge < -0.3 is 39.7 Å². The molecule has 4 heterocycles. The van der Waals surface area contributed by atoms with Gasteiger partial charge in [0.25, 0.3) is 11.8 Å². The van der Waals surface area contributed by atoms with Crippen LogP contribution in [0, 0.1) is 6.92 Å². The molecule has 0 radical (unpaired) electrons. The number of piperazine rings is 2. The number of benzene rings is 4. The normalized spacial score (nSPS) is 13.6. The lowest BCUT2D eigenvalue weighted by Crippen LogP contribution is -2.49. The first kappa shape index (κ1) is 41.4. The summed E-state index contributed by atoms with van der Waals surface area (Å²) in [4.78, 5) is 66.0. The fourth-order valence-corrected chi connectivity index (χ4v) is 6.61. The predicted octanol–water partition coefficient (Wildman–Crippen LogP) is 7.62. The molecular formula is C47H46N8O6. The molecule has 14 heteroatoms. The molecule has 2 N–H and O–H groups in total. The third kappa shape index (κ3) is 11.7. The molecule has 0 unspecified atom stereocenters. The minimum absolute atomic E-state index is 0.189. The average Bonchev–Trinajstić information content (AvgIpc) is 3.31. The first-order valence-electron chi connectivity index (χ1n) is 20.0. The second-order valence-electron chi connectivity index (χ2n) is 14.2. The van der Waals surface area contributed by atoms with Crippen molar-refractivity contribution in [2.75, 3.05) is 72.8 Å². The molecule has 0 spiro atoms. The van der Waals surface area contributed by atoms with Gasteiger partial charge in [-0.05, 0) is 104 Å².